The third kappa shape index (κ3) is 4.41. The summed E-state index contributed by atoms with van der Waals surface area (Å²) in [5, 5.41) is 10.1. The lowest BCUT2D eigenvalue weighted by molar-refractivity contribution is 0.245. The van der Waals surface area contributed by atoms with Gasteiger partial charge >= 0.3 is 0 Å². The van der Waals surface area contributed by atoms with E-state index in [0.717, 1.165) is 75.3 Å². The van der Waals surface area contributed by atoms with Gasteiger partial charge in [-0.1, -0.05) is 11.6 Å². The number of aromatic nitrogens is 4. The van der Waals surface area contributed by atoms with Crippen molar-refractivity contribution in [1.82, 2.24) is 29.7 Å². The van der Waals surface area contributed by atoms with Gasteiger partial charge < -0.3 is 20.0 Å². The van der Waals surface area contributed by atoms with Crippen LogP contribution in [0.1, 0.15) is 29.2 Å². The molecule has 3 aromatic rings. The molecule has 2 unspecified atom stereocenters. The van der Waals surface area contributed by atoms with Crippen LogP contribution in [-0.4, -0.2) is 83.8 Å². The number of hydrogen-bond acceptors (Lipinski definition) is 7. The highest BCUT2D eigenvalue weighted by Crippen LogP contribution is 2.43. The van der Waals surface area contributed by atoms with E-state index in [1.165, 1.54) is 27.7 Å². The van der Waals surface area contributed by atoms with Crippen LogP contribution in [0.3, 0.4) is 0 Å². The first-order valence-corrected chi connectivity index (χ1v) is 16.8. The van der Waals surface area contributed by atoms with E-state index in [1.807, 2.05) is 12.3 Å². The van der Waals surface area contributed by atoms with Gasteiger partial charge in [-0.15, -0.1) is 0 Å². The number of fused-ring (bicyclic) bond motifs is 2. The van der Waals surface area contributed by atoms with Gasteiger partial charge in [-0.3, -0.25) is 0 Å². The molecule has 2 aliphatic heterocycles. The molecular weight excluding hydrogens is 594 g/mol. The summed E-state index contributed by atoms with van der Waals surface area (Å²) >= 11 is 9.21. The molecule has 11 heteroatoms. The second-order valence-corrected chi connectivity index (χ2v) is 12.5. The molecule has 1 aliphatic carbocycles. The molecule has 0 radical (unpaired) electrons. The highest BCUT2D eigenvalue weighted by atomic mass is 127. The topological polar surface area (TPSA) is 65.3 Å². The van der Waals surface area contributed by atoms with Crippen molar-refractivity contribution in [3.05, 3.63) is 40.2 Å². The number of hydrogen-bond donors (Lipinski definition) is 1. The van der Waals surface area contributed by atoms with Gasteiger partial charge in [0.1, 0.15) is 5.82 Å². The zero-order valence-corrected chi connectivity index (χ0v) is 24.1. The highest BCUT2D eigenvalue weighted by molar-refractivity contribution is 14.2. The maximum Gasteiger partial charge on any atom is 0.227 e. The van der Waals surface area contributed by atoms with E-state index in [-0.39, 0.29) is 0 Å². The maximum absolute atomic E-state index is 6.83. The number of likely N-dealkylation sites (N-methyl/N-ethyl adjacent to an activating group) is 1. The van der Waals surface area contributed by atoms with Crippen molar-refractivity contribution in [1.29, 1.82) is 0 Å². The predicted octanol–water partition coefficient (Wildman–Crippen LogP) is 3.70. The standard InChI is InChI=1S/C24H31ClIN8P/c1-31(2)16-13-33(14-16)24-29-20-11-15(3-4-17(20)23(30-24)32-9-7-27-8-10-32)22-18-12-28-34(35-26)21(18)6-5-19(22)25/h5-6,12,15-16,27,35H,3-4,7-11,13-14H2,1-2H3. The summed E-state index contributed by atoms with van der Waals surface area (Å²) < 4.78 is 2.07. The summed E-state index contributed by atoms with van der Waals surface area (Å²) in [6, 6.07) is 4.71. The quantitative estimate of drug-likeness (QED) is 0.343. The molecule has 1 aromatic carbocycles. The van der Waals surface area contributed by atoms with E-state index in [9.17, 15) is 0 Å². The van der Waals surface area contributed by atoms with E-state index in [2.05, 4.69) is 71.8 Å². The second-order valence-electron chi connectivity index (χ2n) is 10.0. The van der Waals surface area contributed by atoms with Crippen LogP contribution >= 0.6 is 40.0 Å². The Kier molecular flexibility index (Phi) is 6.81. The molecular formula is C24H31ClIN8P. The molecule has 0 spiro atoms. The summed E-state index contributed by atoms with van der Waals surface area (Å²) in [6.45, 7) is 5.96. The molecule has 2 atom stereocenters. The molecule has 1 N–H and O–H groups in total. The minimum Gasteiger partial charge on any atom is -0.354 e. The smallest absolute Gasteiger partial charge is 0.227 e. The third-order valence-electron chi connectivity index (χ3n) is 7.76. The number of anilines is 2. The molecule has 0 saturated carbocycles. The molecule has 0 amide bonds. The van der Waals surface area contributed by atoms with Gasteiger partial charge in [0.25, 0.3) is 0 Å². The average molecular weight is 625 g/mol. The van der Waals surface area contributed by atoms with Gasteiger partial charge in [-0.2, -0.15) is 10.1 Å². The maximum atomic E-state index is 6.83. The minimum absolute atomic E-state index is 0.332. The van der Waals surface area contributed by atoms with E-state index >= 15 is 0 Å². The van der Waals surface area contributed by atoms with Crippen molar-refractivity contribution in [2.75, 3.05) is 63.2 Å². The lowest BCUT2D eigenvalue weighted by Gasteiger charge is -2.43. The summed E-state index contributed by atoms with van der Waals surface area (Å²) in [7, 11) is 4.30. The number of benzene rings is 1. The number of halogens is 2. The van der Waals surface area contributed by atoms with Crippen molar-refractivity contribution in [3.63, 3.8) is 0 Å². The van der Waals surface area contributed by atoms with Crippen LogP contribution in [0.5, 0.6) is 0 Å². The molecule has 8 nitrogen and oxygen atoms in total. The third-order valence-corrected chi connectivity index (χ3v) is 9.98. The van der Waals surface area contributed by atoms with E-state index in [4.69, 9.17) is 21.6 Å². The lowest BCUT2D eigenvalue weighted by atomic mass is 9.81. The zero-order chi connectivity index (χ0) is 24.1. The summed E-state index contributed by atoms with van der Waals surface area (Å²) in [5.41, 5.74) is 4.94. The highest BCUT2D eigenvalue weighted by Gasteiger charge is 2.34. The Morgan fingerprint density at radius 2 is 1.94 bits per heavy atom. The summed E-state index contributed by atoms with van der Waals surface area (Å²) in [4.78, 5) is 17.4. The van der Waals surface area contributed by atoms with Crippen LogP contribution in [0.4, 0.5) is 11.8 Å². The van der Waals surface area contributed by atoms with E-state index in [0.29, 0.717) is 18.3 Å². The Morgan fingerprint density at radius 3 is 2.69 bits per heavy atom. The molecule has 2 aromatic heterocycles. The Morgan fingerprint density at radius 1 is 1.14 bits per heavy atom. The molecule has 35 heavy (non-hydrogen) atoms. The fourth-order valence-corrected chi connectivity index (χ4v) is 7.49. The molecule has 2 fully saturated rings. The largest absolute Gasteiger partial charge is 0.354 e. The number of nitrogens with one attached hydrogen (secondary N) is 1. The molecule has 6 rings (SSSR count). The Hall–Kier alpha value is -1.26. The van der Waals surface area contributed by atoms with Crippen molar-refractivity contribution in [2.45, 2.75) is 31.2 Å². The van der Waals surface area contributed by atoms with Gasteiger partial charge in [0, 0.05) is 61.3 Å². The van der Waals surface area contributed by atoms with Crippen molar-refractivity contribution in [3.8, 4) is 0 Å². The molecule has 186 valence electrons. The average Bonchev–Trinajstić information content (AvgIpc) is 3.25. The number of nitrogens with zero attached hydrogens (tertiary/aromatic N) is 7. The second kappa shape index (κ2) is 9.89. The van der Waals surface area contributed by atoms with Gasteiger partial charge in [-0.25, -0.2) is 9.44 Å². The van der Waals surface area contributed by atoms with E-state index < -0.39 is 0 Å². The summed E-state index contributed by atoms with van der Waals surface area (Å²) in [6.07, 6.45) is 5.50. The first-order valence-electron chi connectivity index (χ1n) is 12.3. The molecule has 3 aliphatic rings. The monoisotopic (exact) mass is 624 g/mol. The number of rotatable bonds is 5. The fraction of sp³-hybridized carbons (Fsp3) is 0.542. The molecule has 4 heterocycles. The first kappa shape index (κ1) is 24.1. The van der Waals surface area contributed by atoms with Crippen LogP contribution in [0.2, 0.25) is 5.02 Å². The van der Waals surface area contributed by atoms with Crippen molar-refractivity contribution >= 4 is 62.7 Å². The van der Waals surface area contributed by atoms with Gasteiger partial charge in [0.2, 0.25) is 5.95 Å². The van der Waals surface area contributed by atoms with Gasteiger partial charge in [0.05, 0.1) is 23.8 Å². The Bertz CT molecular complexity index is 1240. The van der Waals surface area contributed by atoms with Crippen LogP contribution in [0.15, 0.2) is 18.3 Å². The van der Waals surface area contributed by atoms with Crippen LogP contribution in [0.25, 0.3) is 10.9 Å². The van der Waals surface area contributed by atoms with Crippen molar-refractivity contribution < 1.29 is 0 Å². The van der Waals surface area contributed by atoms with Crippen molar-refractivity contribution in [2.24, 2.45) is 0 Å². The first-order chi connectivity index (χ1) is 17.0. The minimum atomic E-state index is 0.332. The Balaban J connectivity index is 1.37. The zero-order valence-electron chi connectivity index (χ0n) is 20.1. The molecule has 2 saturated heterocycles. The van der Waals surface area contributed by atoms with E-state index in [1.54, 1.807) is 0 Å². The predicted molar refractivity (Wildman–Crippen MR) is 154 cm³/mol. The SMILES string of the molecule is CN(C)C1CN(c2nc3c(c(N4CCNCC4)n2)CCC(c2c(Cl)ccc4c2cnn4PI)C3)C1. The number of piperazine rings is 1. The normalized spacial score (nSPS) is 21.3. The van der Waals surface area contributed by atoms with Crippen LogP contribution in [-0.2, 0) is 12.8 Å². The Labute approximate surface area is 226 Å². The van der Waals surface area contributed by atoms with Crippen LogP contribution < -0.4 is 15.1 Å². The summed E-state index contributed by atoms with van der Waals surface area (Å²) in [5.74, 6) is 2.37. The van der Waals surface area contributed by atoms with Crippen LogP contribution in [0, 0.1) is 0 Å². The lowest BCUT2D eigenvalue weighted by Crippen LogP contribution is -2.58. The fourth-order valence-electron chi connectivity index (χ4n) is 5.63. The molecule has 0 bridgehead atoms. The van der Waals surface area contributed by atoms with Gasteiger partial charge in [0.15, 0.2) is 0 Å². The van der Waals surface area contributed by atoms with Gasteiger partial charge in [-0.05, 0) is 79.0 Å².